The summed E-state index contributed by atoms with van der Waals surface area (Å²) in [7, 11) is 0. The average Bonchev–Trinajstić information content (AvgIpc) is 2.68. The zero-order valence-corrected chi connectivity index (χ0v) is 17.5. The van der Waals surface area contributed by atoms with Crippen LogP contribution in [-0.4, -0.2) is 31.1 Å². The van der Waals surface area contributed by atoms with Gasteiger partial charge in [0.2, 0.25) is 0 Å². The molecule has 0 spiro atoms. The highest BCUT2D eigenvalue weighted by Gasteiger charge is 2.40. The van der Waals surface area contributed by atoms with Crippen LogP contribution in [-0.2, 0) is 19.1 Å². The molecule has 0 heterocycles. The summed E-state index contributed by atoms with van der Waals surface area (Å²) in [6.45, 7) is 3.35. The van der Waals surface area contributed by atoms with E-state index in [0.717, 1.165) is 0 Å². The van der Waals surface area contributed by atoms with Gasteiger partial charge in [0.25, 0.3) is 5.91 Å². The zero-order chi connectivity index (χ0) is 21.4. The van der Waals surface area contributed by atoms with E-state index >= 15 is 0 Å². The minimum atomic E-state index is -1.44. The van der Waals surface area contributed by atoms with Gasteiger partial charge in [0.05, 0.1) is 19.3 Å². The molecule has 0 radical (unpaired) electrons. The van der Waals surface area contributed by atoms with Gasteiger partial charge in [0, 0.05) is 15.6 Å². The van der Waals surface area contributed by atoms with E-state index in [2.05, 4.69) is 5.32 Å². The Morgan fingerprint density at radius 1 is 0.931 bits per heavy atom. The first kappa shape index (κ1) is 22.7. The molecule has 2 aromatic rings. The van der Waals surface area contributed by atoms with E-state index in [9.17, 15) is 14.4 Å². The molecule has 2 aromatic carbocycles. The maximum absolute atomic E-state index is 12.8. The molecule has 154 valence electrons. The minimum Gasteiger partial charge on any atom is -0.465 e. The molecule has 1 N–H and O–H groups in total. The van der Waals surface area contributed by atoms with Gasteiger partial charge in [0.1, 0.15) is 0 Å². The molecular weight excluding hydrogens is 417 g/mol. The van der Waals surface area contributed by atoms with Crippen LogP contribution in [0, 0.1) is 5.92 Å². The lowest BCUT2D eigenvalue weighted by Gasteiger charge is -2.26. The topological polar surface area (TPSA) is 81.7 Å². The van der Waals surface area contributed by atoms with E-state index < -0.39 is 29.8 Å². The number of carbonyl (C=O) groups is 3. The van der Waals surface area contributed by atoms with E-state index in [1.165, 1.54) is 6.07 Å². The molecule has 2 rings (SSSR count). The van der Waals surface area contributed by atoms with Crippen molar-refractivity contribution in [1.82, 2.24) is 5.32 Å². The van der Waals surface area contributed by atoms with Crippen molar-refractivity contribution in [3.63, 3.8) is 0 Å². The largest absolute Gasteiger partial charge is 0.465 e. The molecule has 0 saturated carbocycles. The Labute approximate surface area is 179 Å². The summed E-state index contributed by atoms with van der Waals surface area (Å²) in [6, 6.07) is 11.8. The quantitative estimate of drug-likeness (QED) is 0.494. The van der Waals surface area contributed by atoms with Crippen molar-refractivity contribution in [2.75, 3.05) is 13.2 Å². The zero-order valence-electron chi connectivity index (χ0n) is 16.0. The van der Waals surface area contributed by atoms with Crippen LogP contribution >= 0.6 is 23.2 Å². The second kappa shape index (κ2) is 10.8. The van der Waals surface area contributed by atoms with E-state index in [4.69, 9.17) is 32.7 Å². The highest BCUT2D eigenvalue weighted by Crippen LogP contribution is 2.32. The number of amides is 1. The maximum Gasteiger partial charge on any atom is 0.322 e. The van der Waals surface area contributed by atoms with Crippen molar-refractivity contribution in [1.29, 1.82) is 0 Å². The minimum absolute atomic E-state index is 0.0580. The molecule has 1 unspecified atom stereocenters. The number of nitrogens with one attached hydrogen (secondary N) is 1. The first-order valence-electron chi connectivity index (χ1n) is 9.03. The smallest absolute Gasteiger partial charge is 0.322 e. The maximum atomic E-state index is 12.8. The number of benzene rings is 2. The summed E-state index contributed by atoms with van der Waals surface area (Å²) in [4.78, 5) is 38.0. The lowest BCUT2D eigenvalue weighted by Crippen LogP contribution is -2.42. The third-order valence-corrected chi connectivity index (χ3v) is 4.60. The van der Waals surface area contributed by atoms with Crippen LogP contribution in [0.2, 0.25) is 10.0 Å². The summed E-state index contributed by atoms with van der Waals surface area (Å²) in [5.41, 5.74) is 0.695. The fourth-order valence-corrected chi connectivity index (χ4v) is 3.27. The van der Waals surface area contributed by atoms with Gasteiger partial charge in [-0.05, 0) is 43.7 Å². The highest BCUT2D eigenvalue weighted by atomic mass is 35.5. The standard InChI is InChI=1S/C21H21Cl2NO5/c1-3-28-20(26)17(21(27)29-4-2)18(15-11-10-14(22)12-16(15)23)24-19(25)13-8-6-5-7-9-13/h5-12,17-18H,3-4H2,1-2H3,(H,24,25). The fraction of sp³-hybridized carbons (Fsp3) is 0.286. The van der Waals surface area contributed by atoms with E-state index in [-0.39, 0.29) is 18.2 Å². The van der Waals surface area contributed by atoms with Crippen molar-refractivity contribution in [3.05, 3.63) is 69.7 Å². The summed E-state index contributed by atoms with van der Waals surface area (Å²) in [5, 5.41) is 3.28. The molecule has 1 amide bonds. The predicted molar refractivity (Wildman–Crippen MR) is 110 cm³/mol. The Morgan fingerprint density at radius 3 is 2.03 bits per heavy atom. The second-order valence-corrected chi connectivity index (χ2v) is 6.81. The number of rotatable bonds is 8. The number of carbonyl (C=O) groups excluding carboxylic acids is 3. The summed E-state index contributed by atoms with van der Waals surface area (Å²) in [5.74, 6) is -3.58. The third-order valence-electron chi connectivity index (χ3n) is 4.03. The molecule has 1 atom stereocenters. The Hall–Kier alpha value is -2.57. The monoisotopic (exact) mass is 437 g/mol. The average molecular weight is 438 g/mol. The van der Waals surface area contributed by atoms with Gasteiger partial charge < -0.3 is 14.8 Å². The first-order chi connectivity index (χ1) is 13.9. The van der Waals surface area contributed by atoms with Crippen molar-refractivity contribution in [2.24, 2.45) is 5.92 Å². The van der Waals surface area contributed by atoms with Gasteiger partial charge in [-0.3, -0.25) is 14.4 Å². The summed E-state index contributed by atoms with van der Waals surface area (Å²) >= 11 is 12.3. The molecule has 8 heteroatoms. The number of ether oxygens (including phenoxy) is 2. The molecule has 0 bridgehead atoms. The molecular formula is C21H21Cl2NO5. The molecule has 0 aliphatic carbocycles. The summed E-state index contributed by atoms with van der Waals surface area (Å²) in [6.07, 6.45) is 0. The lowest BCUT2D eigenvalue weighted by molar-refractivity contribution is -0.163. The highest BCUT2D eigenvalue weighted by molar-refractivity contribution is 6.35. The van der Waals surface area contributed by atoms with Crippen LogP contribution in [0.1, 0.15) is 35.8 Å². The number of esters is 2. The van der Waals surface area contributed by atoms with Crippen LogP contribution in [0.3, 0.4) is 0 Å². The summed E-state index contributed by atoms with van der Waals surface area (Å²) < 4.78 is 10.1. The van der Waals surface area contributed by atoms with Crippen molar-refractivity contribution < 1.29 is 23.9 Å². The van der Waals surface area contributed by atoms with Gasteiger partial charge in [-0.1, -0.05) is 47.5 Å². The van der Waals surface area contributed by atoms with Gasteiger partial charge in [-0.25, -0.2) is 0 Å². The van der Waals surface area contributed by atoms with Gasteiger partial charge in [-0.15, -0.1) is 0 Å². The first-order valence-corrected chi connectivity index (χ1v) is 9.78. The fourth-order valence-electron chi connectivity index (χ4n) is 2.74. The molecule has 0 fully saturated rings. The van der Waals surface area contributed by atoms with Crippen molar-refractivity contribution in [3.8, 4) is 0 Å². The van der Waals surface area contributed by atoms with Crippen LogP contribution in [0.5, 0.6) is 0 Å². The predicted octanol–water partition coefficient (Wildman–Crippen LogP) is 4.21. The van der Waals surface area contributed by atoms with Gasteiger partial charge in [0.15, 0.2) is 5.92 Å². The number of hydrogen-bond donors (Lipinski definition) is 1. The second-order valence-electron chi connectivity index (χ2n) is 5.96. The van der Waals surface area contributed by atoms with Crippen LogP contribution in [0.25, 0.3) is 0 Å². The molecule has 0 aliphatic heterocycles. The van der Waals surface area contributed by atoms with Gasteiger partial charge >= 0.3 is 11.9 Å². The molecule has 29 heavy (non-hydrogen) atoms. The van der Waals surface area contributed by atoms with Crippen LogP contribution < -0.4 is 5.32 Å². The van der Waals surface area contributed by atoms with E-state index in [1.807, 2.05) is 0 Å². The SMILES string of the molecule is CCOC(=O)C(C(=O)OCC)C(NC(=O)c1ccccc1)c1ccc(Cl)cc1Cl. The van der Waals surface area contributed by atoms with Crippen molar-refractivity contribution >= 4 is 41.0 Å². The number of halogens is 2. The van der Waals surface area contributed by atoms with Crippen LogP contribution in [0.4, 0.5) is 0 Å². The third kappa shape index (κ3) is 5.95. The molecule has 0 aliphatic rings. The van der Waals surface area contributed by atoms with Gasteiger partial charge in [-0.2, -0.15) is 0 Å². The Balaban J connectivity index is 2.51. The molecule has 0 saturated heterocycles. The van der Waals surface area contributed by atoms with E-state index in [0.29, 0.717) is 16.1 Å². The molecule has 0 aromatic heterocycles. The normalized spacial score (nSPS) is 11.6. The van der Waals surface area contributed by atoms with Crippen molar-refractivity contribution in [2.45, 2.75) is 19.9 Å². The Kier molecular flexibility index (Phi) is 8.49. The Morgan fingerprint density at radius 2 is 1.52 bits per heavy atom. The molecule has 6 nitrogen and oxygen atoms in total. The van der Waals surface area contributed by atoms with Crippen LogP contribution in [0.15, 0.2) is 48.5 Å². The lowest BCUT2D eigenvalue weighted by atomic mass is 9.92. The number of hydrogen-bond acceptors (Lipinski definition) is 5. The van der Waals surface area contributed by atoms with E-state index in [1.54, 1.807) is 56.3 Å². The Bertz CT molecular complexity index is 855.